The molecular formula is C97H131N23O22. The molecule has 12 heterocycles. The van der Waals surface area contributed by atoms with E-state index in [4.69, 9.17) is 61.6 Å². The van der Waals surface area contributed by atoms with Crippen LogP contribution in [-0.4, -0.2) is 340 Å². The molecule has 1 aliphatic rings. The molecule has 1 saturated heterocycles. The van der Waals surface area contributed by atoms with E-state index in [2.05, 4.69) is 87.0 Å². The summed E-state index contributed by atoms with van der Waals surface area (Å²) >= 11 is 0. The molecule has 0 aliphatic carbocycles. The number of aromatic amines is 2. The van der Waals surface area contributed by atoms with E-state index >= 15 is 0 Å². The number of likely N-dealkylation sites (N-methyl/N-ethyl adjacent to an activating group) is 1. The first-order chi connectivity index (χ1) is 67.9. The smallest absolute Gasteiger partial charge is 0.410 e. The number of H-pyrrole nitrogens is 2. The highest BCUT2D eigenvalue weighted by Gasteiger charge is 2.31. The van der Waals surface area contributed by atoms with Gasteiger partial charge in [0.1, 0.15) is 39.9 Å². The number of pyridine rings is 4. The Morgan fingerprint density at radius 1 is 0.359 bits per heavy atom. The van der Waals surface area contributed by atoms with Gasteiger partial charge in [0.15, 0.2) is 40.2 Å². The number of anilines is 4. The van der Waals surface area contributed by atoms with Gasteiger partial charge in [0.05, 0.1) is 223 Å². The number of hydrogen-bond donors (Lipinski definition) is 6. The third-order valence-electron chi connectivity index (χ3n) is 20.9. The zero-order valence-corrected chi connectivity index (χ0v) is 83.5. The maximum atomic E-state index is 12.7. The molecule has 0 bridgehead atoms. The van der Waals surface area contributed by atoms with Crippen LogP contribution in [0.1, 0.15) is 167 Å². The predicted octanol–water partition coefficient (Wildman–Crippen LogP) is 10.3. The van der Waals surface area contributed by atoms with E-state index in [1.54, 1.807) is 162 Å². The second-order valence-electron chi connectivity index (χ2n) is 36.7. The lowest BCUT2D eigenvalue weighted by atomic mass is 9.89. The first kappa shape index (κ1) is 111. The van der Waals surface area contributed by atoms with Crippen molar-refractivity contribution in [2.45, 2.75) is 103 Å². The number of nitrogens with zero attached hydrogens (tertiary/aromatic N) is 17. The molecule has 0 spiro atoms. The maximum absolute atomic E-state index is 12.7. The first-order valence-corrected chi connectivity index (χ1v) is 46.5. The maximum Gasteiger partial charge on any atom is 0.415 e. The molecular weight excluding hydrogens is 1840 g/mol. The second kappa shape index (κ2) is 54.6. The quantitative estimate of drug-likeness (QED) is 0.0152. The largest absolute Gasteiger partial charge is 0.415 e. The van der Waals surface area contributed by atoms with Gasteiger partial charge in [-0.05, 0) is 79.8 Å². The number of carbonyl (C=O) groups is 9. The van der Waals surface area contributed by atoms with Crippen LogP contribution in [0, 0.1) is 21.7 Å². The topological polar surface area (TPSA) is 512 Å². The van der Waals surface area contributed by atoms with Crippen LogP contribution in [0.15, 0.2) is 129 Å². The number of piperazine rings is 1. The normalized spacial score (nSPS) is 12.5. The molecule has 0 saturated carbocycles. The van der Waals surface area contributed by atoms with E-state index in [1.807, 2.05) is 90.1 Å². The molecule has 45 heteroatoms. The number of carbonyl (C=O) groups excluding carboxylic acids is 9. The third-order valence-corrected chi connectivity index (χ3v) is 20.9. The highest BCUT2D eigenvalue weighted by atomic mass is 16.6. The highest BCUT2D eigenvalue weighted by molar-refractivity contribution is 6.08. The molecule has 142 heavy (non-hydrogen) atoms. The monoisotopic (exact) mass is 1970 g/mol. The van der Waals surface area contributed by atoms with Gasteiger partial charge in [0.2, 0.25) is 0 Å². The average molecular weight is 1970 g/mol. The van der Waals surface area contributed by atoms with Gasteiger partial charge in [-0.15, -0.1) is 15.3 Å². The van der Waals surface area contributed by atoms with Crippen molar-refractivity contribution in [1.82, 2.24) is 93.5 Å². The Morgan fingerprint density at radius 2 is 0.732 bits per heavy atom. The van der Waals surface area contributed by atoms with Crippen molar-refractivity contribution in [3.8, 4) is 5.75 Å². The number of hydrogen-bond acceptors (Lipinski definition) is 33. The lowest BCUT2D eigenvalue weighted by Gasteiger charge is -2.31. The van der Waals surface area contributed by atoms with E-state index in [9.17, 15) is 43.2 Å². The number of aromatic nitrogens is 17. The van der Waals surface area contributed by atoms with Crippen molar-refractivity contribution in [2.24, 2.45) is 21.7 Å². The van der Waals surface area contributed by atoms with Crippen molar-refractivity contribution in [3.63, 3.8) is 0 Å². The summed E-state index contributed by atoms with van der Waals surface area (Å²) in [6.07, 6.45) is 14.1. The van der Waals surface area contributed by atoms with Gasteiger partial charge in [-0.3, -0.25) is 38.4 Å². The zero-order valence-electron chi connectivity index (χ0n) is 83.5. The summed E-state index contributed by atoms with van der Waals surface area (Å²) in [6, 6.07) is 20.3. The fraction of sp³-hybridized carbons (Fsp3) is 0.495. The zero-order chi connectivity index (χ0) is 102. The Labute approximate surface area is 822 Å². The number of nitrogens with one attached hydrogen (secondary N) is 6. The molecule has 6 N–H and O–H groups in total. The number of imidazole rings is 2. The van der Waals surface area contributed by atoms with Crippen LogP contribution in [0.2, 0.25) is 0 Å². The molecule has 13 rings (SSSR count). The van der Waals surface area contributed by atoms with Gasteiger partial charge < -0.3 is 111 Å². The summed E-state index contributed by atoms with van der Waals surface area (Å²) in [5.41, 5.74) is 4.75. The van der Waals surface area contributed by atoms with Crippen LogP contribution in [0.5, 0.6) is 5.75 Å². The lowest BCUT2D eigenvalue weighted by Crippen LogP contribution is -2.48. The molecule has 1 aromatic carbocycles. The molecule has 0 atom stereocenters. The summed E-state index contributed by atoms with van der Waals surface area (Å²) < 4.78 is 76.8. The van der Waals surface area contributed by atoms with Gasteiger partial charge in [0.25, 0.3) is 23.6 Å². The van der Waals surface area contributed by atoms with Crippen molar-refractivity contribution in [3.05, 3.63) is 174 Å². The van der Waals surface area contributed by atoms with Crippen LogP contribution in [0.4, 0.5) is 27.7 Å². The van der Waals surface area contributed by atoms with Crippen LogP contribution >= 0.6 is 0 Å². The van der Waals surface area contributed by atoms with Gasteiger partial charge >= 0.3 is 6.09 Å². The van der Waals surface area contributed by atoms with E-state index in [0.29, 0.717) is 251 Å². The highest BCUT2D eigenvalue weighted by Crippen LogP contribution is 2.29. The predicted molar refractivity (Wildman–Crippen MR) is 524 cm³/mol. The minimum absolute atomic E-state index is 0.000673. The van der Waals surface area contributed by atoms with Crippen molar-refractivity contribution >= 4 is 109 Å². The number of Topliss-reactive ketones (excluding diaryl/α,β-unsaturated/α-hetero) is 4. The summed E-state index contributed by atoms with van der Waals surface area (Å²) in [7, 11) is 6.90. The molecule has 11 aromatic heterocycles. The molecule has 5 amide bonds. The molecule has 45 nitrogen and oxygen atoms in total. The number of ether oxygens (including phenoxy) is 13. The molecule has 0 radical (unpaired) electrons. The summed E-state index contributed by atoms with van der Waals surface area (Å²) in [5, 5.41) is 36.3. The molecule has 1 aliphatic heterocycles. The number of benzene rings is 1. The number of ketones is 4. The van der Waals surface area contributed by atoms with Crippen LogP contribution in [0.25, 0.3) is 33.2 Å². The first-order valence-electron chi connectivity index (χ1n) is 46.5. The van der Waals surface area contributed by atoms with E-state index in [-0.39, 0.29) is 52.2 Å². The number of fused-ring (bicyclic) bond motifs is 4. The summed E-state index contributed by atoms with van der Waals surface area (Å²) in [5.74, 6) is -0.912. The van der Waals surface area contributed by atoms with E-state index < -0.39 is 39.4 Å². The Morgan fingerprint density at radius 3 is 1.14 bits per heavy atom. The van der Waals surface area contributed by atoms with Gasteiger partial charge in [-0.25, -0.2) is 38.8 Å². The summed E-state index contributed by atoms with van der Waals surface area (Å²) in [6.45, 7) is 36.8. The average Bonchev–Trinajstić information content (AvgIpc) is 1.67. The molecule has 1 fully saturated rings. The second-order valence-corrected chi connectivity index (χ2v) is 36.7. The van der Waals surface area contributed by atoms with Crippen molar-refractivity contribution < 1.29 is 105 Å². The minimum Gasteiger partial charge on any atom is -0.410 e. The molecule has 0 unspecified atom stereocenters. The minimum atomic E-state index is -0.529. The van der Waals surface area contributed by atoms with E-state index in [0.717, 1.165) is 23.9 Å². The van der Waals surface area contributed by atoms with Crippen molar-refractivity contribution in [1.29, 1.82) is 0 Å². The lowest BCUT2D eigenvalue weighted by molar-refractivity contribution is 0.00244. The van der Waals surface area contributed by atoms with Gasteiger partial charge in [-0.2, -0.15) is 0 Å². The fourth-order valence-electron chi connectivity index (χ4n) is 13.0. The number of methoxy groups -OCH3 is 3. The molecule has 12 aromatic rings. The van der Waals surface area contributed by atoms with Crippen LogP contribution < -0.4 is 26.0 Å². The van der Waals surface area contributed by atoms with Crippen molar-refractivity contribution in [2.75, 3.05) is 215 Å². The fourth-order valence-corrected chi connectivity index (χ4v) is 13.0. The van der Waals surface area contributed by atoms with Gasteiger partial charge in [0, 0.05) is 110 Å². The third kappa shape index (κ3) is 35.7. The molecule has 766 valence electrons. The standard InChI is InChI=1S/C25H29N5O4.3C24H34N6O6/c1-25(2,3)22(31)20-16-30-15-18(7-10-21(30)27-20)26-23(32)17-5-8-19(9-6-17)34-24(33)29-13-11-28(4)12-14-29;1-24(2,3)22(31)18-13-17-14-21(25-15-19(17)26-18)27-23(32)20-16-30(29-28-20)5-6-34-9-10-36-12-11-35-8-7-33-4;1-24(2,3)21(31)19-14-17-13-18(15-25-22(17)27-19)26-23(32)20-16-30(29-28-20)5-6-34-9-10-36-12-11-35-8-7-33-4;1-24(2,3)22(31)19-16-29-15-18(5-6-21(29)26-19)25-23(32)20-17-30(28-27-20)7-8-34-11-12-36-14-13-35-10-9-33-4/h5-10,15-16H,11-14H2,1-4H3,(H,26,32);13-16,26H,5-12H2,1-4H3,(H,25,27,32);13-16H,5-12H2,1-4H3,(H,25,27)(H,26,32);5-6,15-17H,7-14H2,1-4H3,(H,25,32). The Kier molecular flexibility index (Phi) is 42.6. The van der Waals surface area contributed by atoms with Gasteiger partial charge in [-0.1, -0.05) is 98.7 Å². The Hall–Kier alpha value is -13.3. The van der Waals surface area contributed by atoms with Crippen LogP contribution in [-0.2, 0) is 76.5 Å². The number of amides is 5. The van der Waals surface area contributed by atoms with E-state index in [1.165, 1.54) is 15.6 Å². The Bertz CT molecular complexity index is 5660. The Balaban J connectivity index is 0.000000195. The SMILES string of the molecule is CN1CCN(C(=O)Oc2ccc(C(=O)Nc3ccc4nc(C(=O)C(C)(C)C)cn4c3)cc2)CC1.COCCOCCOCCOCCn1cc(C(=O)Nc2cc3cc(C(=O)C(C)(C)C)[nH]c3cn2)nn1.COCCOCCOCCOCCn1cc(C(=O)Nc2ccc3nc(C(=O)C(C)(C)C)cn3c2)nn1.COCCOCCOCCOCCn1cc(C(=O)Nc2cnc3[nH]c(C(=O)C(C)(C)C)cc3c2)nn1. The summed E-state index contributed by atoms with van der Waals surface area (Å²) in [4.78, 5) is 140. The van der Waals surface area contributed by atoms with Crippen LogP contribution in [0.3, 0.4) is 0 Å². The number of rotatable bonds is 49.